The number of ether oxygens (including phenoxy) is 1. The van der Waals surface area contributed by atoms with Crippen LogP contribution < -0.4 is 5.32 Å². The quantitative estimate of drug-likeness (QED) is 0.557. The van der Waals surface area contributed by atoms with Gasteiger partial charge in [0.15, 0.2) is 0 Å². The van der Waals surface area contributed by atoms with Crippen LogP contribution in [0, 0.1) is 0 Å². The van der Waals surface area contributed by atoms with E-state index in [1.165, 1.54) is 21.8 Å². The van der Waals surface area contributed by atoms with Gasteiger partial charge in [0.1, 0.15) is 5.60 Å². The molecule has 1 heterocycles. The maximum Gasteiger partial charge on any atom is 0.416 e. The van der Waals surface area contributed by atoms with Crippen LogP contribution in [0.2, 0.25) is 0 Å². The number of carbonyl (C=O) groups is 1. The Morgan fingerprint density at radius 3 is 2.39 bits per heavy atom. The first-order valence-corrected chi connectivity index (χ1v) is 10.2. The van der Waals surface area contributed by atoms with E-state index in [1.807, 2.05) is 0 Å². The van der Waals surface area contributed by atoms with Crippen LogP contribution in [-0.2, 0) is 17.5 Å². The van der Waals surface area contributed by atoms with Crippen molar-refractivity contribution < 1.29 is 22.7 Å². The number of para-hydroxylation sites is 1. The highest BCUT2D eigenvalue weighted by Crippen LogP contribution is 2.32. The number of benzene rings is 2. The molecule has 2 aromatic carbocycles. The summed E-state index contributed by atoms with van der Waals surface area (Å²) in [7, 11) is 1.62. The molecule has 11 heteroatoms. The molecule has 1 aromatic heterocycles. The normalized spacial score (nSPS) is 11.8. The highest BCUT2D eigenvalue weighted by molar-refractivity contribution is 5.77. The summed E-state index contributed by atoms with van der Waals surface area (Å²) in [6.45, 7) is 5.99. The highest BCUT2D eigenvalue weighted by atomic mass is 19.4. The van der Waals surface area contributed by atoms with Crippen molar-refractivity contribution in [2.24, 2.45) is 0 Å². The Kier molecular flexibility index (Phi) is 6.89. The van der Waals surface area contributed by atoms with Gasteiger partial charge in [0.25, 0.3) is 0 Å². The summed E-state index contributed by atoms with van der Waals surface area (Å²) in [4.78, 5) is 14.9. The van der Waals surface area contributed by atoms with E-state index >= 15 is 0 Å². The van der Waals surface area contributed by atoms with Gasteiger partial charge < -0.3 is 15.0 Å². The molecule has 0 aliphatic rings. The number of aromatic nitrogens is 4. The summed E-state index contributed by atoms with van der Waals surface area (Å²) >= 11 is 0. The molecule has 3 rings (SSSR count). The Bertz CT molecular complexity index is 1090. The van der Waals surface area contributed by atoms with Gasteiger partial charge in [-0.2, -0.15) is 18.0 Å². The lowest BCUT2D eigenvalue weighted by Crippen LogP contribution is -2.36. The van der Waals surface area contributed by atoms with E-state index in [0.29, 0.717) is 35.9 Å². The Balaban J connectivity index is 1.69. The monoisotopic (exact) mass is 462 g/mol. The van der Waals surface area contributed by atoms with Crippen LogP contribution >= 0.6 is 0 Å². The van der Waals surface area contributed by atoms with Crippen LogP contribution in [0.1, 0.15) is 26.3 Å². The molecule has 0 saturated carbocycles. The van der Waals surface area contributed by atoms with Gasteiger partial charge in [-0.25, -0.2) is 4.79 Å². The third-order valence-corrected chi connectivity index (χ3v) is 4.45. The second-order valence-corrected chi connectivity index (χ2v) is 8.36. The molecule has 0 saturated heterocycles. The zero-order valence-electron chi connectivity index (χ0n) is 18.7. The first-order chi connectivity index (χ1) is 15.4. The number of nitrogens with one attached hydrogen (secondary N) is 1. The second-order valence-electron chi connectivity index (χ2n) is 8.36. The van der Waals surface area contributed by atoms with Crippen molar-refractivity contribution in [3.63, 3.8) is 0 Å². The molecule has 8 nitrogen and oxygen atoms in total. The average Bonchev–Trinajstić information content (AvgIpc) is 3.20. The SMILES string of the molecule is CN(CCn1nnc(-c2ccccc2Nc2ccc(C(F)(F)F)cc2)n1)C(=O)OC(C)(C)C. The summed E-state index contributed by atoms with van der Waals surface area (Å²) in [5.74, 6) is 0.338. The van der Waals surface area contributed by atoms with E-state index in [4.69, 9.17) is 4.74 Å². The number of rotatable bonds is 6. The number of hydrogen-bond donors (Lipinski definition) is 1. The smallest absolute Gasteiger partial charge is 0.416 e. The van der Waals surface area contributed by atoms with Crippen LogP contribution in [0.5, 0.6) is 0 Å². The fraction of sp³-hybridized carbons (Fsp3) is 0.364. The van der Waals surface area contributed by atoms with Gasteiger partial charge in [0.2, 0.25) is 5.82 Å². The van der Waals surface area contributed by atoms with E-state index < -0.39 is 23.4 Å². The van der Waals surface area contributed by atoms with Gasteiger partial charge in [-0.15, -0.1) is 10.2 Å². The minimum absolute atomic E-state index is 0.303. The number of amides is 1. The molecule has 0 aliphatic heterocycles. The lowest BCUT2D eigenvalue weighted by Gasteiger charge is -2.24. The molecular formula is C22H25F3N6O2. The van der Waals surface area contributed by atoms with Crippen molar-refractivity contribution >= 4 is 17.5 Å². The zero-order chi connectivity index (χ0) is 24.2. The Morgan fingerprint density at radius 2 is 1.76 bits per heavy atom. The molecule has 0 bridgehead atoms. The number of anilines is 2. The van der Waals surface area contributed by atoms with Crippen LogP contribution in [0.4, 0.5) is 29.3 Å². The van der Waals surface area contributed by atoms with Crippen molar-refractivity contribution in [1.82, 2.24) is 25.1 Å². The highest BCUT2D eigenvalue weighted by Gasteiger charge is 2.30. The number of hydrogen-bond acceptors (Lipinski definition) is 6. The number of halogens is 3. The van der Waals surface area contributed by atoms with Gasteiger partial charge in [-0.05, 0) is 62.4 Å². The standard InChI is InChI=1S/C22H25F3N6O2/c1-21(2,3)33-20(32)30(4)13-14-31-28-19(27-29-31)17-7-5-6-8-18(17)26-16-11-9-15(10-12-16)22(23,24)25/h5-12,26H,13-14H2,1-4H3. The van der Waals surface area contributed by atoms with Crippen molar-refractivity contribution in [3.05, 3.63) is 54.1 Å². The molecule has 3 aromatic rings. The first kappa shape index (κ1) is 24.0. The van der Waals surface area contributed by atoms with Gasteiger partial charge >= 0.3 is 12.3 Å². The lowest BCUT2D eigenvalue weighted by molar-refractivity contribution is -0.137. The van der Waals surface area contributed by atoms with Crippen molar-refractivity contribution in [2.75, 3.05) is 18.9 Å². The number of alkyl halides is 3. The third kappa shape index (κ3) is 6.67. The van der Waals surface area contributed by atoms with Gasteiger partial charge in [-0.1, -0.05) is 12.1 Å². The van der Waals surface area contributed by atoms with E-state index in [-0.39, 0.29) is 0 Å². The molecule has 33 heavy (non-hydrogen) atoms. The number of tetrazole rings is 1. The molecule has 0 radical (unpaired) electrons. The van der Waals surface area contributed by atoms with Crippen LogP contribution in [0.25, 0.3) is 11.4 Å². The molecule has 0 fully saturated rings. The van der Waals surface area contributed by atoms with Gasteiger partial charge in [0.05, 0.1) is 12.1 Å². The van der Waals surface area contributed by atoms with Crippen LogP contribution in [0.15, 0.2) is 48.5 Å². The Hall–Kier alpha value is -3.63. The van der Waals surface area contributed by atoms with Gasteiger partial charge in [0, 0.05) is 30.5 Å². The summed E-state index contributed by atoms with van der Waals surface area (Å²) in [6.07, 6.45) is -4.84. The molecule has 0 aliphatic carbocycles. The minimum Gasteiger partial charge on any atom is -0.444 e. The van der Waals surface area contributed by atoms with Crippen molar-refractivity contribution in [3.8, 4) is 11.4 Å². The molecular weight excluding hydrogens is 437 g/mol. The molecule has 1 amide bonds. The van der Waals surface area contributed by atoms with Crippen LogP contribution in [0.3, 0.4) is 0 Å². The zero-order valence-corrected chi connectivity index (χ0v) is 18.7. The minimum atomic E-state index is -4.39. The maximum absolute atomic E-state index is 12.8. The fourth-order valence-electron chi connectivity index (χ4n) is 2.80. The first-order valence-electron chi connectivity index (χ1n) is 10.2. The molecule has 0 unspecified atom stereocenters. The maximum atomic E-state index is 12.8. The van der Waals surface area contributed by atoms with E-state index in [9.17, 15) is 18.0 Å². The van der Waals surface area contributed by atoms with Gasteiger partial charge in [-0.3, -0.25) is 0 Å². The molecule has 176 valence electrons. The summed E-state index contributed by atoms with van der Waals surface area (Å²) in [6, 6.07) is 11.9. The largest absolute Gasteiger partial charge is 0.444 e. The topological polar surface area (TPSA) is 85.2 Å². The fourth-order valence-corrected chi connectivity index (χ4v) is 2.80. The number of carbonyl (C=O) groups excluding carboxylic acids is 1. The lowest BCUT2D eigenvalue weighted by atomic mass is 10.1. The molecule has 0 atom stereocenters. The molecule has 0 spiro atoms. The third-order valence-electron chi connectivity index (χ3n) is 4.45. The second kappa shape index (κ2) is 9.47. The van der Waals surface area contributed by atoms with E-state index in [1.54, 1.807) is 52.1 Å². The predicted molar refractivity (Wildman–Crippen MR) is 117 cm³/mol. The van der Waals surface area contributed by atoms with Crippen molar-refractivity contribution in [1.29, 1.82) is 0 Å². The van der Waals surface area contributed by atoms with Crippen molar-refractivity contribution in [2.45, 2.75) is 39.1 Å². The summed E-state index contributed by atoms with van der Waals surface area (Å²) in [5.41, 5.74) is 0.421. The van der Waals surface area contributed by atoms with E-state index in [0.717, 1.165) is 12.1 Å². The Morgan fingerprint density at radius 1 is 1.09 bits per heavy atom. The van der Waals surface area contributed by atoms with Crippen LogP contribution in [-0.4, -0.2) is 50.4 Å². The summed E-state index contributed by atoms with van der Waals surface area (Å²) in [5, 5.41) is 15.6. The predicted octanol–water partition coefficient (Wildman–Crippen LogP) is 4.97. The average molecular weight is 462 g/mol. The number of likely N-dealkylation sites (N-methyl/N-ethyl adjacent to an activating group) is 1. The summed E-state index contributed by atoms with van der Waals surface area (Å²) < 4.78 is 43.7. The van der Waals surface area contributed by atoms with E-state index in [2.05, 4.69) is 20.7 Å². The number of nitrogens with zero attached hydrogens (tertiary/aromatic N) is 5. The Labute approximate surface area is 189 Å². The molecule has 1 N–H and O–H groups in total.